The molecule has 5 nitrogen and oxygen atoms in total. The molecule has 0 amide bonds. The van der Waals surface area contributed by atoms with Gasteiger partial charge < -0.3 is 4.52 Å². The fourth-order valence-electron chi connectivity index (χ4n) is 2.12. The largest absolute Gasteiger partial charge is 0.334 e. The molecule has 5 heteroatoms. The molecular weight excluding hydrogens is 264 g/mol. The molecule has 102 valence electrons. The van der Waals surface area contributed by atoms with Gasteiger partial charge in [0, 0.05) is 11.8 Å². The van der Waals surface area contributed by atoms with Crippen LogP contribution in [0.15, 0.2) is 41.1 Å². The van der Waals surface area contributed by atoms with E-state index in [1.54, 1.807) is 18.3 Å². The molecule has 0 aliphatic heterocycles. The Kier molecular flexibility index (Phi) is 3.20. The van der Waals surface area contributed by atoms with Gasteiger partial charge in [0.25, 0.3) is 5.89 Å². The van der Waals surface area contributed by atoms with Crippen LogP contribution in [-0.4, -0.2) is 15.1 Å². The lowest BCUT2D eigenvalue weighted by molar-refractivity contribution is 0.432. The highest BCUT2D eigenvalue weighted by atomic mass is 16.5. The van der Waals surface area contributed by atoms with Gasteiger partial charge in [0.05, 0.1) is 11.6 Å². The number of pyridine rings is 1. The van der Waals surface area contributed by atoms with Crippen molar-refractivity contribution in [3.63, 3.8) is 0 Å². The number of nitrogens with zero attached hydrogens (tertiary/aromatic N) is 4. The zero-order valence-corrected chi connectivity index (χ0v) is 11.7. The summed E-state index contributed by atoms with van der Waals surface area (Å²) in [7, 11) is 0. The summed E-state index contributed by atoms with van der Waals surface area (Å²) in [6, 6.07) is 11.3. The Bertz CT molecular complexity index is 845. The van der Waals surface area contributed by atoms with Crippen LogP contribution in [0.3, 0.4) is 0 Å². The van der Waals surface area contributed by atoms with E-state index < -0.39 is 0 Å². The van der Waals surface area contributed by atoms with E-state index in [-0.39, 0.29) is 0 Å². The van der Waals surface area contributed by atoms with E-state index in [0.717, 1.165) is 16.7 Å². The van der Waals surface area contributed by atoms with Gasteiger partial charge in [-0.2, -0.15) is 10.2 Å². The van der Waals surface area contributed by atoms with Crippen LogP contribution in [0.25, 0.3) is 23.0 Å². The van der Waals surface area contributed by atoms with Crippen molar-refractivity contribution in [1.29, 1.82) is 5.26 Å². The molecule has 0 unspecified atom stereocenters. The molecule has 0 atom stereocenters. The maximum Gasteiger partial charge on any atom is 0.258 e. The lowest BCUT2D eigenvalue weighted by Gasteiger charge is -2.00. The van der Waals surface area contributed by atoms with Gasteiger partial charge in [-0.1, -0.05) is 11.2 Å². The van der Waals surface area contributed by atoms with Crippen molar-refractivity contribution in [2.75, 3.05) is 0 Å². The first-order valence-electron chi connectivity index (χ1n) is 6.46. The first-order valence-corrected chi connectivity index (χ1v) is 6.46. The number of nitriles is 1. The number of hydrogen-bond donors (Lipinski definition) is 0. The van der Waals surface area contributed by atoms with E-state index in [4.69, 9.17) is 9.78 Å². The van der Waals surface area contributed by atoms with Crippen molar-refractivity contribution in [2.45, 2.75) is 13.8 Å². The zero-order chi connectivity index (χ0) is 14.8. The Labute approximate surface area is 121 Å². The molecule has 0 aliphatic carbocycles. The second kappa shape index (κ2) is 5.17. The fraction of sp³-hybridized carbons (Fsp3) is 0.125. The van der Waals surface area contributed by atoms with Crippen LogP contribution in [-0.2, 0) is 0 Å². The molecule has 2 heterocycles. The minimum atomic E-state index is 0.428. The van der Waals surface area contributed by atoms with Gasteiger partial charge in [0.2, 0.25) is 5.82 Å². The standard InChI is InChI=1S/C16H12N4O/c1-10-4-3-7-18-14(10)15-19-16(21-20-15)13-6-5-12(9-17)8-11(13)2/h3-8H,1-2H3. The Morgan fingerprint density at radius 3 is 2.71 bits per heavy atom. The Balaban J connectivity index is 2.03. The number of hydrogen-bond acceptors (Lipinski definition) is 5. The summed E-state index contributed by atoms with van der Waals surface area (Å²) in [6.07, 6.45) is 1.70. The molecule has 21 heavy (non-hydrogen) atoms. The summed E-state index contributed by atoms with van der Waals surface area (Å²) in [4.78, 5) is 8.68. The third kappa shape index (κ3) is 2.39. The topological polar surface area (TPSA) is 75.6 Å². The zero-order valence-electron chi connectivity index (χ0n) is 11.7. The van der Waals surface area contributed by atoms with Crippen LogP contribution >= 0.6 is 0 Å². The van der Waals surface area contributed by atoms with Gasteiger partial charge in [0.15, 0.2) is 0 Å². The van der Waals surface area contributed by atoms with Crippen LogP contribution in [0.4, 0.5) is 0 Å². The van der Waals surface area contributed by atoms with Gasteiger partial charge >= 0.3 is 0 Å². The van der Waals surface area contributed by atoms with Crippen molar-refractivity contribution in [2.24, 2.45) is 0 Å². The van der Waals surface area contributed by atoms with Gasteiger partial charge in [-0.3, -0.25) is 4.98 Å². The van der Waals surface area contributed by atoms with Gasteiger partial charge in [-0.25, -0.2) is 0 Å². The Hall–Kier alpha value is -3.00. The van der Waals surface area contributed by atoms with Crippen LogP contribution in [0.2, 0.25) is 0 Å². The van der Waals surface area contributed by atoms with Crippen molar-refractivity contribution < 1.29 is 4.52 Å². The highest BCUT2D eigenvalue weighted by Crippen LogP contribution is 2.25. The molecule has 0 bridgehead atoms. The molecule has 0 spiro atoms. The molecular formula is C16H12N4O. The Morgan fingerprint density at radius 2 is 2.00 bits per heavy atom. The second-order valence-electron chi connectivity index (χ2n) is 4.73. The van der Waals surface area contributed by atoms with Gasteiger partial charge in [0.1, 0.15) is 5.69 Å². The number of rotatable bonds is 2. The third-order valence-electron chi connectivity index (χ3n) is 3.23. The van der Waals surface area contributed by atoms with Crippen molar-refractivity contribution in [3.8, 4) is 29.0 Å². The maximum absolute atomic E-state index is 8.90. The molecule has 2 aromatic heterocycles. The van der Waals surface area contributed by atoms with Gasteiger partial charge in [-0.05, 0) is 49.2 Å². The normalized spacial score (nSPS) is 10.3. The smallest absolute Gasteiger partial charge is 0.258 e. The highest BCUT2D eigenvalue weighted by molar-refractivity contribution is 5.63. The van der Waals surface area contributed by atoms with E-state index in [2.05, 4.69) is 21.2 Å². The Morgan fingerprint density at radius 1 is 1.14 bits per heavy atom. The lowest BCUT2D eigenvalue weighted by Crippen LogP contribution is -1.89. The predicted octanol–water partition coefficient (Wildman–Crippen LogP) is 3.29. The molecule has 0 aliphatic rings. The van der Waals surface area contributed by atoms with Crippen LogP contribution in [0.1, 0.15) is 16.7 Å². The summed E-state index contributed by atoms with van der Waals surface area (Å²) in [5, 5.41) is 12.9. The summed E-state index contributed by atoms with van der Waals surface area (Å²) in [5.41, 5.74) is 4.04. The summed E-state index contributed by atoms with van der Waals surface area (Å²) >= 11 is 0. The average molecular weight is 276 g/mol. The molecule has 0 saturated heterocycles. The van der Waals surface area contributed by atoms with E-state index in [1.807, 2.05) is 32.0 Å². The minimum absolute atomic E-state index is 0.428. The summed E-state index contributed by atoms with van der Waals surface area (Å²) < 4.78 is 5.33. The van der Waals surface area contributed by atoms with E-state index in [0.29, 0.717) is 23.0 Å². The minimum Gasteiger partial charge on any atom is -0.334 e. The summed E-state index contributed by atoms with van der Waals surface area (Å²) in [6.45, 7) is 3.86. The molecule has 1 aromatic carbocycles. The quantitative estimate of drug-likeness (QED) is 0.717. The third-order valence-corrected chi connectivity index (χ3v) is 3.23. The molecule has 0 radical (unpaired) electrons. The van der Waals surface area contributed by atoms with E-state index >= 15 is 0 Å². The van der Waals surface area contributed by atoms with Crippen LogP contribution in [0, 0.1) is 25.2 Å². The molecule has 0 fully saturated rings. The molecule has 3 rings (SSSR count). The number of aryl methyl sites for hydroxylation is 2. The first-order chi connectivity index (χ1) is 10.2. The van der Waals surface area contributed by atoms with Crippen LogP contribution in [0.5, 0.6) is 0 Å². The van der Waals surface area contributed by atoms with Crippen molar-refractivity contribution >= 4 is 0 Å². The fourth-order valence-corrected chi connectivity index (χ4v) is 2.12. The monoisotopic (exact) mass is 276 g/mol. The maximum atomic E-state index is 8.90. The number of aromatic nitrogens is 3. The average Bonchev–Trinajstić information content (AvgIpc) is 2.97. The molecule has 3 aromatic rings. The van der Waals surface area contributed by atoms with Gasteiger partial charge in [-0.15, -0.1) is 0 Å². The first kappa shape index (κ1) is 13.0. The van der Waals surface area contributed by atoms with E-state index in [1.165, 1.54) is 0 Å². The SMILES string of the molecule is Cc1cc(C#N)ccc1-c1nc(-c2ncccc2C)no1. The highest BCUT2D eigenvalue weighted by Gasteiger charge is 2.14. The molecule has 0 N–H and O–H groups in total. The van der Waals surface area contributed by atoms with Crippen LogP contribution < -0.4 is 0 Å². The second-order valence-corrected chi connectivity index (χ2v) is 4.73. The van der Waals surface area contributed by atoms with Crippen molar-refractivity contribution in [3.05, 3.63) is 53.2 Å². The summed E-state index contributed by atoms with van der Waals surface area (Å²) in [5.74, 6) is 0.893. The lowest BCUT2D eigenvalue weighted by atomic mass is 10.1. The van der Waals surface area contributed by atoms with E-state index in [9.17, 15) is 0 Å². The van der Waals surface area contributed by atoms with Crippen molar-refractivity contribution in [1.82, 2.24) is 15.1 Å². The molecule has 0 saturated carbocycles. The number of benzene rings is 1. The predicted molar refractivity (Wildman–Crippen MR) is 77.2 cm³/mol.